The number of aryl methyl sites for hydroxylation is 1. The van der Waals surface area contributed by atoms with Gasteiger partial charge in [0.05, 0.1) is 11.0 Å². The Morgan fingerprint density at radius 3 is 2.26 bits per heavy atom. The first-order valence-corrected chi connectivity index (χ1v) is 7.66. The molecule has 1 aliphatic rings. The van der Waals surface area contributed by atoms with Gasteiger partial charge in [0.2, 0.25) is 0 Å². The maximum absolute atomic E-state index is 12.4. The molecule has 1 aliphatic carbocycles. The molecule has 0 radical (unpaired) electrons. The molecule has 0 aromatic heterocycles. The molecule has 0 bridgehead atoms. The first-order chi connectivity index (χ1) is 11.0. The van der Waals surface area contributed by atoms with Crippen LogP contribution in [0.4, 0.5) is 5.69 Å². The molecule has 0 aliphatic heterocycles. The van der Waals surface area contributed by atoms with Gasteiger partial charge in [-0.25, -0.2) is 0 Å². The van der Waals surface area contributed by atoms with Crippen molar-refractivity contribution in [3.05, 3.63) is 75.3 Å². The van der Waals surface area contributed by atoms with Crippen molar-refractivity contribution in [1.82, 2.24) is 5.32 Å². The molecule has 0 saturated heterocycles. The van der Waals surface area contributed by atoms with Gasteiger partial charge in [-0.1, -0.05) is 29.8 Å². The zero-order valence-corrected chi connectivity index (χ0v) is 12.9. The second-order valence-electron chi connectivity index (χ2n) is 6.00. The molecule has 2 aromatic carbocycles. The van der Waals surface area contributed by atoms with Gasteiger partial charge in [-0.05, 0) is 43.4 Å². The van der Waals surface area contributed by atoms with Gasteiger partial charge in [0.15, 0.2) is 0 Å². The number of hydrogen-bond acceptors (Lipinski definition) is 3. The van der Waals surface area contributed by atoms with Crippen LogP contribution in [0.25, 0.3) is 0 Å². The number of nitrogens with one attached hydrogen (secondary N) is 1. The number of non-ortho nitro benzene ring substituents is 1. The van der Waals surface area contributed by atoms with E-state index in [0.29, 0.717) is 11.5 Å². The lowest BCUT2D eigenvalue weighted by Crippen LogP contribution is -2.29. The van der Waals surface area contributed by atoms with Crippen LogP contribution in [-0.2, 0) is 0 Å². The van der Waals surface area contributed by atoms with E-state index >= 15 is 0 Å². The van der Waals surface area contributed by atoms with Crippen molar-refractivity contribution in [1.29, 1.82) is 0 Å². The van der Waals surface area contributed by atoms with Crippen LogP contribution in [0.15, 0.2) is 48.5 Å². The minimum Gasteiger partial charge on any atom is -0.345 e. The van der Waals surface area contributed by atoms with Crippen molar-refractivity contribution in [2.75, 3.05) is 0 Å². The summed E-state index contributed by atoms with van der Waals surface area (Å²) in [4.78, 5) is 22.6. The molecule has 3 rings (SSSR count). The fourth-order valence-electron chi connectivity index (χ4n) is 2.64. The van der Waals surface area contributed by atoms with E-state index in [9.17, 15) is 14.9 Å². The third-order valence-electron chi connectivity index (χ3n) is 4.16. The van der Waals surface area contributed by atoms with Crippen LogP contribution in [-0.4, -0.2) is 10.8 Å². The Labute approximate surface area is 134 Å². The highest BCUT2D eigenvalue weighted by Gasteiger charge is 2.33. The summed E-state index contributed by atoms with van der Waals surface area (Å²) in [6.45, 7) is 2.03. The summed E-state index contributed by atoms with van der Waals surface area (Å²) in [5.74, 6) is 0.275. The van der Waals surface area contributed by atoms with E-state index in [2.05, 4.69) is 17.4 Å². The summed E-state index contributed by atoms with van der Waals surface area (Å²) < 4.78 is 0. The lowest BCUT2D eigenvalue weighted by molar-refractivity contribution is -0.384. The zero-order valence-electron chi connectivity index (χ0n) is 12.9. The predicted octanol–water partition coefficient (Wildman–Crippen LogP) is 3.78. The molecule has 1 atom stereocenters. The van der Waals surface area contributed by atoms with Crippen LogP contribution in [0.1, 0.15) is 40.4 Å². The minimum absolute atomic E-state index is 0.00158. The number of carbonyl (C=O) groups is 1. The van der Waals surface area contributed by atoms with Gasteiger partial charge in [-0.15, -0.1) is 0 Å². The first-order valence-electron chi connectivity index (χ1n) is 7.66. The van der Waals surface area contributed by atoms with Gasteiger partial charge in [-0.2, -0.15) is 0 Å². The minimum atomic E-state index is -0.471. The number of hydrogen-bond donors (Lipinski definition) is 1. The molecule has 2 aromatic rings. The van der Waals surface area contributed by atoms with Crippen molar-refractivity contribution in [2.45, 2.75) is 25.8 Å². The van der Waals surface area contributed by atoms with Gasteiger partial charge in [-0.3, -0.25) is 14.9 Å². The third-order valence-corrected chi connectivity index (χ3v) is 4.16. The van der Waals surface area contributed by atoms with E-state index in [1.165, 1.54) is 29.8 Å². The number of benzene rings is 2. The molecule has 1 N–H and O–H groups in total. The normalized spacial score (nSPS) is 15.0. The number of carbonyl (C=O) groups excluding carboxylic acids is 1. The predicted molar refractivity (Wildman–Crippen MR) is 87.2 cm³/mol. The summed E-state index contributed by atoms with van der Waals surface area (Å²) >= 11 is 0. The largest absolute Gasteiger partial charge is 0.345 e. The molecule has 23 heavy (non-hydrogen) atoms. The Morgan fingerprint density at radius 2 is 1.74 bits per heavy atom. The Hall–Kier alpha value is -2.69. The summed E-state index contributed by atoms with van der Waals surface area (Å²) in [5, 5.41) is 13.7. The average Bonchev–Trinajstić information content (AvgIpc) is 3.38. The Kier molecular flexibility index (Phi) is 4.10. The van der Waals surface area contributed by atoms with Gasteiger partial charge < -0.3 is 5.32 Å². The smallest absolute Gasteiger partial charge is 0.269 e. The number of nitrogens with zero attached hydrogens (tertiary/aromatic N) is 1. The molecule has 118 valence electrons. The summed E-state index contributed by atoms with van der Waals surface area (Å²) in [6.07, 6.45) is 2.22. The highest BCUT2D eigenvalue weighted by atomic mass is 16.6. The van der Waals surface area contributed by atoms with E-state index in [1.807, 2.05) is 19.1 Å². The molecular formula is C18H18N2O3. The molecule has 1 saturated carbocycles. The Bertz CT molecular complexity index is 719. The van der Waals surface area contributed by atoms with Crippen molar-refractivity contribution < 1.29 is 9.72 Å². The van der Waals surface area contributed by atoms with Crippen LogP contribution < -0.4 is 5.32 Å². The van der Waals surface area contributed by atoms with E-state index < -0.39 is 4.92 Å². The van der Waals surface area contributed by atoms with Crippen LogP contribution in [0.3, 0.4) is 0 Å². The second-order valence-corrected chi connectivity index (χ2v) is 6.00. The lowest BCUT2D eigenvalue weighted by Gasteiger charge is -2.19. The number of nitro groups is 1. The van der Waals surface area contributed by atoms with Crippen molar-refractivity contribution in [3.63, 3.8) is 0 Å². The summed E-state index contributed by atoms with van der Waals surface area (Å²) in [5.41, 5.74) is 2.71. The van der Waals surface area contributed by atoms with Gasteiger partial charge in [0, 0.05) is 17.7 Å². The molecule has 0 heterocycles. The van der Waals surface area contributed by atoms with Crippen LogP contribution in [0.2, 0.25) is 0 Å². The Balaban J connectivity index is 1.76. The number of amides is 1. The van der Waals surface area contributed by atoms with E-state index in [0.717, 1.165) is 18.4 Å². The van der Waals surface area contributed by atoms with Crippen LogP contribution >= 0.6 is 0 Å². The highest BCUT2D eigenvalue weighted by Crippen LogP contribution is 2.41. The molecule has 5 heteroatoms. The summed E-state index contributed by atoms with van der Waals surface area (Å²) in [6, 6.07) is 13.9. The Morgan fingerprint density at radius 1 is 1.13 bits per heavy atom. The van der Waals surface area contributed by atoms with Gasteiger partial charge in [0.25, 0.3) is 11.6 Å². The zero-order chi connectivity index (χ0) is 16.4. The maximum Gasteiger partial charge on any atom is 0.269 e. The molecule has 1 fully saturated rings. The third kappa shape index (κ3) is 3.56. The quantitative estimate of drug-likeness (QED) is 0.674. The van der Waals surface area contributed by atoms with Crippen molar-refractivity contribution in [3.8, 4) is 0 Å². The van der Waals surface area contributed by atoms with E-state index in [4.69, 9.17) is 0 Å². The molecule has 0 spiro atoms. The van der Waals surface area contributed by atoms with Crippen molar-refractivity contribution in [2.24, 2.45) is 5.92 Å². The topological polar surface area (TPSA) is 72.2 Å². The SMILES string of the molecule is Cc1ccc([C@H](NC(=O)c2ccc([N+](=O)[O-])cc2)C2CC2)cc1. The second kappa shape index (κ2) is 6.20. The highest BCUT2D eigenvalue weighted by molar-refractivity contribution is 5.94. The first kappa shape index (κ1) is 15.2. The van der Waals surface area contributed by atoms with Crippen LogP contribution in [0, 0.1) is 23.0 Å². The molecule has 1 amide bonds. The monoisotopic (exact) mass is 310 g/mol. The standard InChI is InChI=1S/C18H18N2O3/c1-12-2-4-13(5-3-12)17(14-6-7-14)19-18(21)15-8-10-16(11-9-15)20(22)23/h2-5,8-11,14,17H,6-7H2,1H3,(H,19,21)/t17-/m0/s1. The fraction of sp³-hybridized carbons (Fsp3) is 0.278. The van der Waals surface area contributed by atoms with E-state index in [-0.39, 0.29) is 17.6 Å². The summed E-state index contributed by atoms with van der Waals surface area (Å²) in [7, 11) is 0. The van der Waals surface area contributed by atoms with Gasteiger partial charge in [0.1, 0.15) is 0 Å². The molecular weight excluding hydrogens is 292 g/mol. The number of nitro benzene ring substituents is 1. The number of rotatable bonds is 5. The maximum atomic E-state index is 12.4. The van der Waals surface area contributed by atoms with E-state index in [1.54, 1.807) is 0 Å². The van der Waals surface area contributed by atoms with Gasteiger partial charge >= 0.3 is 0 Å². The van der Waals surface area contributed by atoms with Crippen molar-refractivity contribution >= 4 is 11.6 Å². The van der Waals surface area contributed by atoms with Crippen LogP contribution in [0.5, 0.6) is 0 Å². The average molecular weight is 310 g/mol. The lowest BCUT2D eigenvalue weighted by atomic mass is 10.0. The molecule has 5 nitrogen and oxygen atoms in total. The molecule has 0 unspecified atom stereocenters. The fourth-order valence-corrected chi connectivity index (χ4v) is 2.64.